The summed E-state index contributed by atoms with van der Waals surface area (Å²) in [7, 11) is -4.23. The summed E-state index contributed by atoms with van der Waals surface area (Å²) in [5, 5.41) is 0. The molecule has 110 valence electrons. The first-order chi connectivity index (χ1) is 9.83. The van der Waals surface area contributed by atoms with E-state index < -0.39 is 37.1 Å². The Kier molecular flexibility index (Phi) is 4.19. The number of hydrogen-bond donors (Lipinski definition) is 2. The van der Waals surface area contributed by atoms with Crippen LogP contribution in [0.2, 0.25) is 0 Å². The number of nitrogens with one attached hydrogen (secondary N) is 1. The lowest BCUT2D eigenvalue weighted by molar-refractivity contribution is 0.592. The van der Waals surface area contributed by atoms with Crippen LogP contribution < -0.4 is 10.5 Å². The molecule has 0 saturated carbocycles. The van der Waals surface area contributed by atoms with Crippen molar-refractivity contribution in [3.63, 3.8) is 0 Å². The third-order valence-electron chi connectivity index (χ3n) is 2.63. The lowest BCUT2D eigenvalue weighted by atomic mass is 10.2. The first-order valence-corrected chi connectivity index (χ1v) is 7.58. The minimum Gasteiger partial charge on any atom is -0.389 e. The number of hydrogen-bond acceptors (Lipinski definition) is 3. The highest BCUT2D eigenvalue weighted by Gasteiger charge is 2.23. The van der Waals surface area contributed by atoms with Gasteiger partial charge in [0.2, 0.25) is 0 Å². The molecule has 0 heterocycles. The van der Waals surface area contributed by atoms with E-state index >= 15 is 0 Å². The topological polar surface area (TPSA) is 72.2 Å². The molecule has 4 nitrogen and oxygen atoms in total. The molecule has 2 rings (SSSR count). The van der Waals surface area contributed by atoms with Gasteiger partial charge in [-0.25, -0.2) is 17.2 Å². The number of thiocarbonyl (C=S) groups is 1. The van der Waals surface area contributed by atoms with E-state index in [-0.39, 0.29) is 5.69 Å². The molecular weight excluding hydrogens is 318 g/mol. The number of nitrogens with two attached hydrogens (primary N) is 1. The molecule has 0 saturated heterocycles. The van der Waals surface area contributed by atoms with Crippen molar-refractivity contribution in [1.82, 2.24) is 0 Å². The summed E-state index contributed by atoms with van der Waals surface area (Å²) in [5.41, 5.74) is 4.70. The lowest BCUT2D eigenvalue weighted by Crippen LogP contribution is -2.21. The van der Waals surface area contributed by atoms with E-state index in [9.17, 15) is 17.2 Å². The van der Waals surface area contributed by atoms with Crippen LogP contribution in [-0.2, 0) is 10.0 Å². The summed E-state index contributed by atoms with van der Waals surface area (Å²) in [6, 6.07) is 8.59. The minimum atomic E-state index is -4.23. The van der Waals surface area contributed by atoms with Gasteiger partial charge in [-0.15, -0.1) is 0 Å². The fraction of sp³-hybridized carbons (Fsp3) is 0. The Morgan fingerprint density at radius 1 is 1.05 bits per heavy atom. The number of halogens is 2. The molecule has 0 aromatic heterocycles. The molecular formula is C13H10F2N2O2S2. The molecule has 0 fully saturated rings. The summed E-state index contributed by atoms with van der Waals surface area (Å²) in [6.07, 6.45) is 0. The van der Waals surface area contributed by atoms with Gasteiger partial charge in [-0.2, -0.15) is 0 Å². The largest absolute Gasteiger partial charge is 0.389 e. The van der Waals surface area contributed by atoms with E-state index in [4.69, 9.17) is 5.73 Å². The fourth-order valence-corrected chi connectivity index (χ4v) is 3.28. The van der Waals surface area contributed by atoms with Crippen LogP contribution in [0.3, 0.4) is 0 Å². The van der Waals surface area contributed by atoms with Crippen LogP contribution in [0.25, 0.3) is 0 Å². The maximum Gasteiger partial charge on any atom is 0.262 e. The van der Waals surface area contributed by atoms with E-state index in [0.717, 1.165) is 18.2 Å². The molecule has 21 heavy (non-hydrogen) atoms. The average molecular weight is 328 g/mol. The average Bonchev–Trinajstić information content (AvgIpc) is 2.40. The molecule has 0 spiro atoms. The number of para-hydroxylation sites is 1. The van der Waals surface area contributed by atoms with Crippen LogP contribution in [0.1, 0.15) is 5.56 Å². The molecule has 0 radical (unpaired) electrons. The zero-order valence-electron chi connectivity index (χ0n) is 10.5. The van der Waals surface area contributed by atoms with Gasteiger partial charge in [-0.1, -0.05) is 30.4 Å². The van der Waals surface area contributed by atoms with Crippen LogP contribution in [0.15, 0.2) is 47.4 Å². The monoisotopic (exact) mass is 328 g/mol. The molecule has 8 heteroatoms. The molecule has 0 aliphatic rings. The fourth-order valence-electron chi connectivity index (χ4n) is 1.71. The third kappa shape index (κ3) is 3.17. The second kappa shape index (κ2) is 5.74. The Morgan fingerprint density at radius 3 is 2.29 bits per heavy atom. The van der Waals surface area contributed by atoms with Crippen LogP contribution in [0.4, 0.5) is 14.5 Å². The highest BCUT2D eigenvalue weighted by molar-refractivity contribution is 7.93. The third-order valence-corrected chi connectivity index (χ3v) is 4.24. The van der Waals surface area contributed by atoms with E-state index in [1.165, 1.54) is 24.3 Å². The van der Waals surface area contributed by atoms with Gasteiger partial charge in [-0.05, 0) is 24.3 Å². The number of benzene rings is 2. The first kappa shape index (κ1) is 15.3. The van der Waals surface area contributed by atoms with Crippen molar-refractivity contribution < 1.29 is 17.2 Å². The summed E-state index contributed by atoms with van der Waals surface area (Å²) in [5.74, 6) is -1.62. The van der Waals surface area contributed by atoms with Gasteiger partial charge in [0, 0.05) is 0 Å². The smallest absolute Gasteiger partial charge is 0.262 e. The zero-order valence-corrected chi connectivity index (χ0v) is 12.1. The van der Waals surface area contributed by atoms with Gasteiger partial charge < -0.3 is 5.73 Å². The second-order valence-corrected chi connectivity index (χ2v) is 6.15. The van der Waals surface area contributed by atoms with E-state index in [0.29, 0.717) is 0 Å². The van der Waals surface area contributed by atoms with Crippen molar-refractivity contribution in [2.75, 3.05) is 4.72 Å². The van der Waals surface area contributed by atoms with Gasteiger partial charge in [0.1, 0.15) is 21.5 Å². The van der Waals surface area contributed by atoms with Gasteiger partial charge in [0.15, 0.2) is 0 Å². The Bertz CT molecular complexity index is 808. The van der Waals surface area contributed by atoms with Gasteiger partial charge in [0.25, 0.3) is 10.0 Å². The molecule has 0 unspecified atom stereocenters. The van der Waals surface area contributed by atoms with Crippen molar-refractivity contribution in [3.8, 4) is 0 Å². The Morgan fingerprint density at radius 2 is 1.67 bits per heavy atom. The van der Waals surface area contributed by atoms with Gasteiger partial charge >= 0.3 is 0 Å². The first-order valence-electron chi connectivity index (χ1n) is 5.68. The maximum absolute atomic E-state index is 13.7. The summed E-state index contributed by atoms with van der Waals surface area (Å²) in [6.45, 7) is 0. The van der Waals surface area contributed by atoms with Gasteiger partial charge in [0.05, 0.1) is 11.3 Å². The quantitative estimate of drug-likeness (QED) is 0.846. The van der Waals surface area contributed by atoms with Crippen LogP contribution in [-0.4, -0.2) is 13.4 Å². The van der Waals surface area contributed by atoms with Crippen molar-refractivity contribution in [2.24, 2.45) is 5.73 Å². The summed E-state index contributed by atoms with van der Waals surface area (Å²) in [4.78, 5) is -0.847. The second-order valence-electron chi connectivity index (χ2n) is 4.06. The van der Waals surface area contributed by atoms with Crippen LogP contribution in [0.5, 0.6) is 0 Å². The van der Waals surface area contributed by atoms with Crippen molar-refractivity contribution in [2.45, 2.75) is 4.90 Å². The van der Waals surface area contributed by atoms with Crippen LogP contribution in [0, 0.1) is 11.6 Å². The van der Waals surface area contributed by atoms with Crippen LogP contribution >= 0.6 is 12.2 Å². The normalized spacial score (nSPS) is 11.1. The summed E-state index contributed by atoms with van der Waals surface area (Å²) >= 11 is 4.67. The molecule has 2 aromatic rings. The zero-order chi connectivity index (χ0) is 15.6. The number of anilines is 1. The molecule has 0 amide bonds. The van der Waals surface area contributed by atoms with Crippen molar-refractivity contribution in [3.05, 3.63) is 59.7 Å². The molecule has 3 N–H and O–H groups in total. The molecule has 0 atom stereocenters. The standard InChI is InChI=1S/C13H10F2N2O2S2/c14-8-4-1-2-6-10(8)17-21(18,19)11-7-3-5-9(15)12(11)13(16)20/h1-7,17H,(H2,16,20). The molecule has 0 aliphatic heterocycles. The lowest BCUT2D eigenvalue weighted by Gasteiger charge is -2.12. The Balaban J connectivity index is 2.53. The Labute approximate surface area is 125 Å². The molecule has 2 aromatic carbocycles. The SMILES string of the molecule is NC(=S)c1c(F)cccc1S(=O)(=O)Nc1ccccc1F. The number of rotatable bonds is 4. The van der Waals surface area contributed by atoms with E-state index in [1.807, 2.05) is 4.72 Å². The highest BCUT2D eigenvalue weighted by Crippen LogP contribution is 2.23. The van der Waals surface area contributed by atoms with Gasteiger partial charge in [-0.3, -0.25) is 4.72 Å². The Hall–Kier alpha value is -2.06. The number of sulfonamides is 1. The van der Waals surface area contributed by atoms with E-state index in [2.05, 4.69) is 12.2 Å². The highest BCUT2D eigenvalue weighted by atomic mass is 32.2. The predicted octanol–water partition coefficient (Wildman–Crippen LogP) is 2.40. The summed E-state index contributed by atoms with van der Waals surface area (Å²) < 4.78 is 53.8. The minimum absolute atomic E-state index is 0.254. The predicted molar refractivity (Wildman–Crippen MR) is 79.5 cm³/mol. The molecule has 0 aliphatic carbocycles. The van der Waals surface area contributed by atoms with E-state index in [1.54, 1.807) is 0 Å². The van der Waals surface area contributed by atoms with Crippen molar-refractivity contribution in [1.29, 1.82) is 0 Å². The molecule has 0 bridgehead atoms. The maximum atomic E-state index is 13.7. The van der Waals surface area contributed by atoms with Crippen molar-refractivity contribution >= 4 is 32.9 Å².